The van der Waals surface area contributed by atoms with Crippen molar-refractivity contribution in [3.8, 4) is 6.07 Å². The number of halogens is 3. The van der Waals surface area contributed by atoms with Crippen LogP contribution in [0.5, 0.6) is 0 Å². The fourth-order valence-corrected chi connectivity index (χ4v) is 1.08. The third kappa shape index (κ3) is 1.86. The highest BCUT2D eigenvalue weighted by Crippen LogP contribution is 2.27. The van der Waals surface area contributed by atoms with E-state index in [1.165, 1.54) is 0 Å². The third-order valence-corrected chi connectivity index (χ3v) is 1.85. The van der Waals surface area contributed by atoms with Crippen molar-refractivity contribution in [2.24, 2.45) is 0 Å². The van der Waals surface area contributed by atoms with Crippen LogP contribution in [0.4, 0.5) is 8.78 Å². The minimum Gasteiger partial charge on any atom is -0.296 e. The second kappa shape index (κ2) is 4.11. The molecule has 0 saturated carbocycles. The van der Waals surface area contributed by atoms with Crippen LogP contribution < -0.4 is 0 Å². The average Bonchev–Trinajstić information content (AvgIpc) is 2.17. The summed E-state index contributed by atoms with van der Waals surface area (Å²) in [5.41, 5.74) is -1.16. The van der Waals surface area contributed by atoms with E-state index in [9.17, 15) is 13.6 Å². The van der Waals surface area contributed by atoms with E-state index in [0.29, 0.717) is 0 Å². The molecular formula is C8H3ClF2N2O. The van der Waals surface area contributed by atoms with E-state index in [0.717, 1.165) is 6.07 Å². The van der Waals surface area contributed by atoms with Crippen molar-refractivity contribution in [2.75, 3.05) is 0 Å². The highest BCUT2D eigenvalue weighted by molar-refractivity contribution is 6.32. The Balaban J connectivity index is 3.43. The van der Waals surface area contributed by atoms with Crippen molar-refractivity contribution < 1.29 is 13.6 Å². The quantitative estimate of drug-likeness (QED) is 0.713. The molecule has 14 heavy (non-hydrogen) atoms. The molecule has 1 aromatic heterocycles. The van der Waals surface area contributed by atoms with Gasteiger partial charge in [-0.1, -0.05) is 11.6 Å². The standard InChI is InChI=1S/C8H3ClF2N2O/c9-6-4(2-12)1-5(3-14)13-7(6)8(10)11/h1,3,8H. The summed E-state index contributed by atoms with van der Waals surface area (Å²) in [7, 11) is 0. The van der Waals surface area contributed by atoms with Crippen LogP contribution in [0.3, 0.4) is 0 Å². The van der Waals surface area contributed by atoms with Gasteiger partial charge in [-0.3, -0.25) is 4.79 Å². The molecule has 6 heteroatoms. The number of carbonyl (C=O) groups is 1. The summed E-state index contributed by atoms with van der Waals surface area (Å²) in [6.07, 6.45) is -2.63. The van der Waals surface area contributed by atoms with E-state index in [4.69, 9.17) is 16.9 Å². The summed E-state index contributed by atoms with van der Waals surface area (Å²) < 4.78 is 24.6. The van der Waals surface area contributed by atoms with E-state index >= 15 is 0 Å². The summed E-state index contributed by atoms with van der Waals surface area (Å²) in [5.74, 6) is 0. The Hall–Kier alpha value is -1.54. The molecule has 1 heterocycles. The van der Waals surface area contributed by atoms with Crippen LogP contribution in [0.15, 0.2) is 6.07 Å². The van der Waals surface area contributed by atoms with Gasteiger partial charge in [-0.25, -0.2) is 13.8 Å². The SMILES string of the molecule is N#Cc1cc(C=O)nc(C(F)F)c1Cl. The van der Waals surface area contributed by atoms with Crippen molar-refractivity contribution >= 4 is 17.9 Å². The number of nitriles is 1. The fourth-order valence-electron chi connectivity index (χ4n) is 0.856. The highest BCUT2D eigenvalue weighted by Gasteiger charge is 2.18. The van der Waals surface area contributed by atoms with Crippen molar-refractivity contribution in [3.05, 3.63) is 28.0 Å². The minimum absolute atomic E-state index is 0.181. The van der Waals surface area contributed by atoms with Crippen LogP contribution in [0, 0.1) is 11.3 Å². The first-order valence-corrected chi connectivity index (χ1v) is 3.81. The van der Waals surface area contributed by atoms with Gasteiger partial charge in [-0.15, -0.1) is 0 Å². The van der Waals surface area contributed by atoms with Gasteiger partial charge in [0.25, 0.3) is 6.43 Å². The van der Waals surface area contributed by atoms with E-state index in [1.807, 2.05) is 0 Å². The second-order valence-electron chi connectivity index (χ2n) is 2.32. The van der Waals surface area contributed by atoms with Gasteiger partial charge >= 0.3 is 0 Å². The van der Waals surface area contributed by atoms with Crippen LogP contribution in [-0.4, -0.2) is 11.3 Å². The lowest BCUT2D eigenvalue weighted by atomic mass is 10.2. The number of pyridine rings is 1. The predicted molar refractivity (Wildman–Crippen MR) is 44.3 cm³/mol. The fraction of sp³-hybridized carbons (Fsp3) is 0.125. The van der Waals surface area contributed by atoms with E-state index in [2.05, 4.69) is 4.98 Å². The first kappa shape index (κ1) is 10.5. The van der Waals surface area contributed by atoms with E-state index in [1.54, 1.807) is 6.07 Å². The molecule has 0 unspecified atom stereocenters. The molecular weight excluding hydrogens is 214 g/mol. The summed E-state index contributed by atoms with van der Waals surface area (Å²) in [5, 5.41) is 8.11. The molecule has 72 valence electrons. The van der Waals surface area contributed by atoms with Crippen LogP contribution in [-0.2, 0) is 0 Å². The molecule has 1 aromatic rings. The monoisotopic (exact) mass is 216 g/mol. The molecule has 1 rings (SSSR count). The Morgan fingerprint density at radius 1 is 1.64 bits per heavy atom. The topological polar surface area (TPSA) is 53.8 Å². The second-order valence-corrected chi connectivity index (χ2v) is 2.70. The highest BCUT2D eigenvalue weighted by atomic mass is 35.5. The third-order valence-electron chi connectivity index (χ3n) is 1.45. The first-order valence-electron chi connectivity index (χ1n) is 3.44. The molecule has 0 aliphatic heterocycles. The largest absolute Gasteiger partial charge is 0.296 e. The molecule has 0 bridgehead atoms. The molecule has 0 amide bonds. The molecule has 0 fully saturated rings. The lowest BCUT2D eigenvalue weighted by Gasteiger charge is -2.03. The average molecular weight is 217 g/mol. The van der Waals surface area contributed by atoms with Gasteiger partial charge < -0.3 is 0 Å². The smallest absolute Gasteiger partial charge is 0.281 e. The Morgan fingerprint density at radius 2 is 2.29 bits per heavy atom. The van der Waals surface area contributed by atoms with Gasteiger partial charge in [-0.2, -0.15) is 5.26 Å². The number of hydrogen-bond donors (Lipinski definition) is 0. The number of aromatic nitrogens is 1. The van der Waals surface area contributed by atoms with Gasteiger partial charge in [0.2, 0.25) is 0 Å². The van der Waals surface area contributed by atoms with Gasteiger partial charge in [-0.05, 0) is 6.07 Å². The van der Waals surface area contributed by atoms with Gasteiger partial charge in [0.05, 0.1) is 10.6 Å². The Kier molecular flexibility index (Phi) is 3.10. The summed E-state index contributed by atoms with van der Waals surface area (Å²) >= 11 is 5.45. The van der Waals surface area contributed by atoms with E-state index < -0.39 is 17.1 Å². The van der Waals surface area contributed by atoms with Crippen LogP contribution in [0.2, 0.25) is 5.02 Å². The number of hydrogen-bond acceptors (Lipinski definition) is 3. The first-order chi connectivity index (χ1) is 6.60. The summed E-state index contributed by atoms with van der Waals surface area (Å²) in [6, 6.07) is 2.66. The predicted octanol–water partition coefficient (Wildman–Crippen LogP) is 2.36. The number of rotatable bonds is 2. The molecule has 0 atom stereocenters. The molecule has 0 aromatic carbocycles. The molecule has 0 aliphatic carbocycles. The number of carbonyl (C=O) groups excluding carboxylic acids is 1. The number of aldehydes is 1. The maximum absolute atomic E-state index is 12.3. The molecule has 0 N–H and O–H groups in total. The van der Waals surface area contributed by atoms with E-state index in [-0.39, 0.29) is 17.5 Å². The molecule has 0 saturated heterocycles. The van der Waals surface area contributed by atoms with Crippen LogP contribution in [0.1, 0.15) is 28.2 Å². The van der Waals surface area contributed by atoms with Crippen molar-refractivity contribution in [1.29, 1.82) is 5.26 Å². The maximum atomic E-state index is 12.3. The summed E-state index contributed by atoms with van der Waals surface area (Å²) in [6.45, 7) is 0. The molecule has 0 radical (unpaired) electrons. The van der Waals surface area contributed by atoms with Gasteiger partial charge in [0, 0.05) is 0 Å². The van der Waals surface area contributed by atoms with Crippen molar-refractivity contribution in [2.45, 2.75) is 6.43 Å². The normalized spacial score (nSPS) is 9.93. The summed E-state index contributed by atoms with van der Waals surface area (Å²) in [4.78, 5) is 13.6. The van der Waals surface area contributed by atoms with Crippen molar-refractivity contribution in [1.82, 2.24) is 4.98 Å². The van der Waals surface area contributed by atoms with Crippen LogP contribution >= 0.6 is 11.6 Å². The Bertz CT molecular complexity index is 415. The zero-order valence-corrected chi connectivity index (χ0v) is 7.42. The Labute approximate surface area is 82.9 Å². The van der Waals surface area contributed by atoms with Gasteiger partial charge in [0.15, 0.2) is 6.29 Å². The molecule has 0 spiro atoms. The number of nitrogens with zero attached hydrogens (tertiary/aromatic N) is 2. The van der Waals surface area contributed by atoms with Crippen LogP contribution in [0.25, 0.3) is 0 Å². The maximum Gasteiger partial charge on any atom is 0.281 e. The van der Waals surface area contributed by atoms with Crippen molar-refractivity contribution in [3.63, 3.8) is 0 Å². The zero-order valence-electron chi connectivity index (χ0n) is 6.67. The lowest BCUT2D eigenvalue weighted by molar-refractivity contribution is 0.111. The molecule has 0 aliphatic rings. The molecule has 3 nitrogen and oxygen atoms in total. The zero-order chi connectivity index (χ0) is 10.7. The van der Waals surface area contributed by atoms with Gasteiger partial charge in [0.1, 0.15) is 17.5 Å². The Morgan fingerprint density at radius 3 is 2.71 bits per heavy atom. The minimum atomic E-state index is -2.91. The number of alkyl halides is 2. The lowest BCUT2D eigenvalue weighted by Crippen LogP contribution is -1.99.